The molecule has 2 N–H and O–H groups in total. The summed E-state index contributed by atoms with van der Waals surface area (Å²) in [5.41, 5.74) is 3.22. The number of hydrogen-bond donors (Lipinski definition) is 2. The van der Waals surface area contributed by atoms with E-state index in [1.54, 1.807) is 4.90 Å². The van der Waals surface area contributed by atoms with Gasteiger partial charge in [0.25, 0.3) is 5.91 Å². The highest BCUT2D eigenvalue weighted by Crippen LogP contribution is 2.46. The number of imide groups is 1. The number of rotatable bonds is 3. The Morgan fingerprint density at radius 2 is 2.04 bits per heavy atom. The van der Waals surface area contributed by atoms with Crippen LogP contribution >= 0.6 is 0 Å². The zero-order chi connectivity index (χ0) is 19.3. The molecule has 1 aromatic carbocycles. The van der Waals surface area contributed by atoms with Gasteiger partial charge in [0.2, 0.25) is 11.8 Å². The smallest absolute Gasteiger partial charge is 0.255 e. The number of carbonyl (C=O) groups is 3. The van der Waals surface area contributed by atoms with Crippen molar-refractivity contribution in [1.82, 2.24) is 20.4 Å². The third-order valence-corrected chi connectivity index (χ3v) is 6.65. The van der Waals surface area contributed by atoms with Gasteiger partial charge in [-0.15, -0.1) is 0 Å². The molecule has 1 spiro atoms. The molecule has 0 radical (unpaired) electrons. The molecule has 2 saturated heterocycles. The van der Waals surface area contributed by atoms with Crippen LogP contribution in [-0.2, 0) is 22.7 Å². The summed E-state index contributed by atoms with van der Waals surface area (Å²) in [5.74, 6) is -0.683. The molecule has 4 aliphatic rings. The van der Waals surface area contributed by atoms with Crippen molar-refractivity contribution in [2.24, 2.45) is 5.41 Å². The second-order valence-corrected chi connectivity index (χ2v) is 8.74. The van der Waals surface area contributed by atoms with E-state index in [4.69, 9.17) is 0 Å². The molecule has 7 nitrogen and oxygen atoms in total. The van der Waals surface area contributed by atoms with E-state index in [0.29, 0.717) is 18.4 Å². The molecule has 5 rings (SSSR count). The molecule has 7 heteroatoms. The van der Waals surface area contributed by atoms with Gasteiger partial charge in [0.15, 0.2) is 0 Å². The molecule has 3 aliphatic heterocycles. The van der Waals surface area contributed by atoms with Gasteiger partial charge in [0.05, 0.1) is 0 Å². The summed E-state index contributed by atoms with van der Waals surface area (Å²) >= 11 is 0. The Hall–Kier alpha value is -2.25. The first-order valence-electron chi connectivity index (χ1n) is 10.2. The van der Waals surface area contributed by atoms with Gasteiger partial charge in [-0.05, 0) is 35.8 Å². The Kier molecular flexibility index (Phi) is 4.25. The lowest BCUT2D eigenvalue weighted by molar-refractivity contribution is -0.136. The zero-order valence-electron chi connectivity index (χ0n) is 16.0. The average Bonchev–Trinajstić information content (AvgIpc) is 3.39. The predicted molar refractivity (Wildman–Crippen MR) is 102 cm³/mol. The van der Waals surface area contributed by atoms with Gasteiger partial charge < -0.3 is 10.2 Å². The molecule has 1 aromatic rings. The van der Waals surface area contributed by atoms with Crippen LogP contribution in [0.1, 0.15) is 47.2 Å². The normalized spacial score (nSPS) is 26.9. The molecule has 1 saturated carbocycles. The maximum atomic E-state index is 13.2. The topological polar surface area (TPSA) is 81.8 Å². The largest absolute Gasteiger partial charge is 0.322 e. The number of hydrogen-bond acceptors (Lipinski definition) is 5. The molecule has 3 fully saturated rings. The van der Waals surface area contributed by atoms with E-state index in [0.717, 1.165) is 49.4 Å². The lowest BCUT2D eigenvalue weighted by Crippen LogP contribution is -2.52. The molecule has 1 atom stereocenters. The van der Waals surface area contributed by atoms with Gasteiger partial charge in [0, 0.05) is 51.3 Å². The Balaban J connectivity index is 1.36. The van der Waals surface area contributed by atoms with Gasteiger partial charge in [-0.2, -0.15) is 0 Å². The van der Waals surface area contributed by atoms with E-state index in [1.165, 1.54) is 12.8 Å². The zero-order valence-corrected chi connectivity index (χ0v) is 16.0. The van der Waals surface area contributed by atoms with Gasteiger partial charge in [-0.1, -0.05) is 18.2 Å². The molecule has 0 bridgehead atoms. The molecule has 28 heavy (non-hydrogen) atoms. The molecule has 3 heterocycles. The standard InChI is InChI=1S/C21H26N4O3/c26-17-5-4-16(19(27)23-17)25-11-15-3-1-2-14(18(15)20(25)28)10-24-9-8-22-12-21(13-24)6-7-21/h1-3,16,22H,4-13H2,(H,23,26,27). The van der Waals surface area contributed by atoms with Crippen molar-refractivity contribution in [3.8, 4) is 0 Å². The van der Waals surface area contributed by atoms with Crippen LogP contribution in [0.25, 0.3) is 0 Å². The van der Waals surface area contributed by atoms with Crippen molar-refractivity contribution in [1.29, 1.82) is 0 Å². The second-order valence-electron chi connectivity index (χ2n) is 8.74. The molecule has 3 amide bonds. The van der Waals surface area contributed by atoms with E-state index in [-0.39, 0.29) is 24.1 Å². The third kappa shape index (κ3) is 3.12. The summed E-state index contributed by atoms with van der Waals surface area (Å²) in [6.07, 6.45) is 3.25. The summed E-state index contributed by atoms with van der Waals surface area (Å²) in [5, 5.41) is 5.92. The van der Waals surface area contributed by atoms with Crippen LogP contribution in [0.4, 0.5) is 0 Å². The van der Waals surface area contributed by atoms with E-state index in [2.05, 4.69) is 15.5 Å². The number of piperidine rings is 1. The number of carbonyl (C=O) groups excluding carboxylic acids is 3. The van der Waals surface area contributed by atoms with E-state index in [1.807, 2.05) is 18.2 Å². The number of nitrogens with one attached hydrogen (secondary N) is 2. The number of nitrogens with zero attached hydrogens (tertiary/aromatic N) is 2. The van der Waals surface area contributed by atoms with E-state index in [9.17, 15) is 14.4 Å². The van der Waals surface area contributed by atoms with Crippen LogP contribution in [0.3, 0.4) is 0 Å². The number of benzene rings is 1. The van der Waals surface area contributed by atoms with Crippen molar-refractivity contribution in [2.45, 2.75) is 44.8 Å². The lowest BCUT2D eigenvalue weighted by Gasteiger charge is -2.29. The summed E-state index contributed by atoms with van der Waals surface area (Å²) in [4.78, 5) is 41.0. The van der Waals surface area contributed by atoms with Crippen LogP contribution < -0.4 is 10.6 Å². The number of amides is 3. The first-order chi connectivity index (χ1) is 13.5. The maximum absolute atomic E-state index is 13.2. The Bertz CT molecular complexity index is 848. The molecular weight excluding hydrogens is 356 g/mol. The highest BCUT2D eigenvalue weighted by molar-refractivity contribution is 6.05. The summed E-state index contributed by atoms with van der Waals surface area (Å²) in [6.45, 7) is 5.35. The summed E-state index contributed by atoms with van der Waals surface area (Å²) in [6, 6.07) is 5.48. The second kappa shape index (κ2) is 6.67. The van der Waals surface area contributed by atoms with Crippen molar-refractivity contribution in [3.63, 3.8) is 0 Å². The minimum atomic E-state index is -0.553. The highest BCUT2D eigenvalue weighted by Gasteiger charge is 2.45. The minimum absolute atomic E-state index is 0.0748. The summed E-state index contributed by atoms with van der Waals surface area (Å²) in [7, 11) is 0. The Morgan fingerprint density at radius 1 is 1.18 bits per heavy atom. The lowest BCUT2D eigenvalue weighted by atomic mass is 10.0. The SMILES string of the molecule is O=C1CCC(N2Cc3cccc(CN4CCNCC5(CC5)C4)c3C2=O)C(=O)N1. The fourth-order valence-electron chi connectivity index (χ4n) is 4.91. The monoisotopic (exact) mass is 382 g/mol. The van der Waals surface area contributed by atoms with E-state index >= 15 is 0 Å². The maximum Gasteiger partial charge on any atom is 0.255 e. The van der Waals surface area contributed by atoms with Crippen LogP contribution in [-0.4, -0.2) is 59.7 Å². The van der Waals surface area contributed by atoms with Gasteiger partial charge >= 0.3 is 0 Å². The molecule has 1 unspecified atom stereocenters. The molecule has 148 valence electrons. The first-order valence-corrected chi connectivity index (χ1v) is 10.2. The van der Waals surface area contributed by atoms with Crippen molar-refractivity contribution < 1.29 is 14.4 Å². The molecule has 1 aliphatic carbocycles. The van der Waals surface area contributed by atoms with Crippen molar-refractivity contribution in [3.05, 3.63) is 34.9 Å². The van der Waals surface area contributed by atoms with Crippen LogP contribution in [0.15, 0.2) is 18.2 Å². The molecule has 0 aromatic heterocycles. The van der Waals surface area contributed by atoms with E-state index < -0.39 is 6.04 Å². The van der Waals surface area contributed by atoms with Gasteiger partial charge in [-0.25, -0.2) is 0 Å². The Morgan fingerprint density at radius 3 is 2.82 bits per heavy atom. The molecular formula is C21H26N4O3. The highest BCUT2D eigenvalue weighted by atomic mass is 16.2. The van der Waals surface area contributed by atoms with Crippen LogP contribution in [0, 0.1) is 5.41 Å². The quantitative estimate of drug-likeness (QED) is 0.750. The van der Waals surface area contributed by atoms with Crippen molar-refractivity contribution in [2.75, 3.05) is 26.2 Å². The first kappa shape index (κ1) is 17.8. The summed E-state index contributed by atoms with van der Waals surface area (Å²) < 4.78 is 0. The fourth-order valence-corrected chi connectivity index (χ4v) is 4.91. The third-order valence-electron chi connectivity index (χ3n) is 6.65. The fraction of sp³-hybridized carbons (Fsp3) is 0.571. The van der Waals surface area contributed by atoms with Gasteiger partial charge in [-0.3, -0.25) is 24.6 Å². The number of fused-ring (bicyclic) bond motifs is 1. The predicted octanol–water partition coefficient (Wildman–Crippen LogP) is 0.633. The van der Waals surface area contributed by atoms with Crippen LogP contribution in [0.5, 0.6) is 0 Å². The van der Waals surface area contributed by atoms with Crippen LogP contribution in [0.2, 0.25) is 0 Å². The average molecular weight is 382 g/mol. The van der Waals surface area contributed by atoms with Gasteiger partial charge in [0.1, 0.15) is 6.04 Å². The minimum Gasteiger partial charge on any atom is -0.322 e. The Labute approximate surface area is 164 Å². The van der Waals surface area contributed by atoms with Crippen molar-refractivity contribution >= 4 is 17.7 Å².